The van der Waals surface area contributed by atoms with Crippen LogP contribution < -0.4 is 10.6 Å². The molecule has 1 amide bonds. The Bertz CT molecular complexity index is 240. The summed E-state index contributed by atoms with van der Waals surface area (Å²) in [6.45, 7) is 11.1. The molecule has 0 aromatic rings. The van der Waals surface area contributed by atoms with E-state index in [4.69, 9.17) is 0 Å². The van der Waals surface area contributed by atoms with Crippen molar-refractivity contribution < 1.29 is 4.79 Å². The number of likely N-dealkylation sites (tertiary alicyclic amines) is 1. The van der Waals surface area contributed by atoms with Crippen LogP contribution in [0.4, 0.5) is 0 Å². The van der Waals surface area contributed by atoms with E-state index < -0.39 is 0 Å². The highest BCUT2D eigenvalue weighted by Crippen LogP contribution is 2.15. The molecule has 0 spiro atoms. The number of hydrogen-bond acceptors (Lipinski definition) is 3. The fourth-order valence-corrected chi connectivity index (χ4v) is 2.14. The molecule has 1 aliphatic rings. The lowest BCUT2D eigenvalue weighted by atomic mass is 9.97. The number of nitrogens with one attached hydrogen (secondary N) is 2. The van der Waals surface area contributed by atoms with Gasteiger partial charge in [0, 0.05) is 6.54 Å². The van der Waals surface area contributed by atoms with Crippen molar-refractivity contribution >= 4 is 18.3 Å². The zero-order valence-corrected chi connectivity index (χ0v) is 12.1. The van der Waals surface area contributed by atoms with Gasteiger partial charge in [-0.3, -0.25) is 9.69 Å². The summed E-state index contributed by atoms with van der Waals surface area (Å²) in [7, 11) is 0. The summed E-state index contributed by atoms with van der Waals surface area (Å²) in [5.41, 5.74) is 0. The summed E-state index contributed by atoms with van der Waals surface area (Å²) in [5, 5.41) is 6.21. The van der Waals surface area contributed by atoms with Gasteiger partial charge in [-0.1, -0.05) is 13.0 Å². The maximum atomic E-state index is 11.5. The van der Waals surface area contributed by atoms with E-state index in [1.807, 2.05) is 0 Å². The number of hydrogen-bond donors (Lipinski definition) is 2. The largest absolute Gasteiger partial charge is 0.352 e. The van der Waals surface area contributed by atoms with Crippen LogP contribution in [0.1, 0.15) is 19.8 Å². The van der Waals surface area contributed by atoms with Crippen LogP contribution in [0, 0.1) is 5.92 Å². The summed E-state index contributed by atoms with van der Waals surface area (Å²) in [4.78, 5) is 13.7. The van der Waals surface area contributed by atoms with Crippen molar-refractivity contribution in [2.24, 2.45) is 5.92 Å². The predicted octanol–water partition coefficient (Wildman–Crippen LogP) is 1.03. The Morgan fingerprint density at radius 3 is 2.67 bits per heavy atom. The molecule has 1 heterocycles. The van der Waals surface area contributed by atoms with Crippen molar-refractivity contribution in [2.75, 3.05) is 39.3 Å². The maximum Gasteiger partial charge on any atom is 0.234 e. The summed E-state index contributed by atoms with van der Waals surface area (Å²) in [5.74, 6) is 0.887. The Kier molecular flexibility index (Phi) is 10.0. The van der Waals surface area contributed by atoms with Crippen LogP contribution >= 0.6 is 12.4 Å². The summed E-state index contributed by atoms with van der Waals surface area (Å²) in [6.07, 6.45) is 4.10. The molecular formula is C13H26ClN3O. The summed E-state index contributed by atoms with van der Waals surface area (Å²) >= 11 is 0. The zero-order valence-electron chi connectivity index (χ0n) is 11.3. The zero-order chi connectivity index (χ0) is 12.5. The minimum absolute atomic E-state index is 0. The van der Waals surface area contributed by atoms with Gasteiger partial charge in [0.15, 0.2) is 0 Å². The van der Waals surface area contributed by atoms with E-state index in [1.165, 1.54) is 12.8 Å². The number of piperidine rings is 1. The minimum Gasteiger partial charge on any atom is -0.352 e. The molecule has 1 aliphatic heterocycles. The van der Waals surface area contributed by atoms with E-state index in [2.05, 4.69) is 29.0 Å². The lowest BCUT2D eigenvalue weighted by Crippen LogP contribution is -2.42. The van der Waals surface area contributed by atoms with Crippen LogP contribution in [0.25, 0.3) is 0 Å². The molecule has 0 atom stereocenters. The fourth-order valence-electron chi connectivity index (χ4n) is 2.14. The highest BCUT2D eigenvalue weighted by molar-refractivity contribution is 5.85. The normalized spacial score (nSPS) is 16.9. The molecule has 0 aromatic heterocycles. The third kappa shape index (κ3) is 6.99. The molecule has 0 bridgehead atoms. The van der Waals surface area contributed by atoms with Crippen LogP contribution in [-0.2, 0) is 4.79 Å². The topological polar surface area (TPSA) is 44.4 Å². The van der Waals surface area contributed by atoms with Crippen LogP contribution in [-0.4, -0.2) is 50.1 Å². The van der Waals surface area contributed by atoms with Gasteiger partial charge in [0.1, 0.15) is 0 Å². The number of carbonyl (C=O) groups is 1. The third-order valence-electron chi connectivity index (χ3n) is 3.20. The SMILES string of the molecule is C=CCNC(=O)CN1CCC(CNCC)CC1.Cl. The van der Waals surface area contributed by atoms with E-state index in [0.29, 0.717) is 13.1 Å². The van der Waals surface area contributed by atoms with E-state index in [9.17, 15) is 4.79 Å². The highest BCUT2D eigenvalue weighted by Gasteiger charge is 2.19. The summed E-state index contributed by atoms with van der Waals surface area (Å²) in [6, 6.07) is 0. The van der Waals surface area contributed by atoms with Crippen molar-refractivity contribution in [3.63, 3.8) is 0 Å². The molecule has 0 aromatic carbocycles. The minimum atomic E-state index is 0. The molecule has 1 fully saturated rings. The first-order valence-electron chi connectivity index (χ1n) is 6.57. The standard InChI is InChI=1S/C13H25N3O.ClH/c1-3-7-15-13(17)11-16-8-5-12(6-9-16)10-14-4-2;/h3,12,14H,1,4-11H2,2H3,(H,15,17);1H. The predicted molar refractivity (Wildman–Crippen MR) is 78.2 cm³/mol. The van der Waals surface area contributed by atoms with Gasteiger partial charge in [-0.15, -0.1) is 19.0 Å². The first-order chi connectivity index (χ1) is 8.26. The average molecular weight is 276 g/mol. The van der Waals surface area contributed by atoms with E-state index >= 15 is 0 Å². The lowest BCUT2D eigenvalue weighted by Gasteiger charge is -2.31. The van der Waals surface area contributed by atoms with Crippen molar-refractivity contribution in [3.05, 3.63) is 12.7 Å². The maximum absolute atomic E-state index is 11.5. The van der Waals surface area contributed by atoms with Crippen molar-refractivity contribution in [3.8, 4) is 0 Å². The average Bonchev–Trinajstić information content (AvgIpc) is 2.35. The van der Waals surface area contributed by atoms with Gasteiger partial charge in [-0.25, -0.2) is 0 Å². The molecule has 0 saturated carbocycles. The number of rotatable bonds is 7. The van der Waals surface area contributed by atoms with Gasteiger partial charge >= 0.3 is 0 Å². The monoisotopic (exact) mass is 275 g/mol. The van der Waals surface area contributed by atoms with Crippen molar-refractivity contribution in [2.45, 2.75) is 19.8 Å². The van der Waals surface area contributed by atoms with Crippen molar-refractivity contribution in [1.29, 1.82) is 0 Å². The Morgan fingerprint density at radius 1 is 1.44 bits per heavy atom. The molecule has 4 nitrogen and oxygen atoms in total. The quantitative estimate of drug-likeness (QED) is 0.682. The molecule has 1 rings (SSSR count). The number of nitrogens with zero attached hydrogens (tertiary/aromatic N) is 1. The van der Waals surface area contributed by atoms with Gasteiger partial charge in [0.25, 0.3) is 0 Å². The molecule has 0 radical (unpaired) electrons. The lowest BCUT2D eigenvalue weighted by molar-refractivity contribution is -0.122. The number of carbonyl (C=O) groups excluding carboxylic acids is 1. The molecule has 18 heavy (non-hydrogen) atoms. The molecule has 0 aliphatic carbocycles. The molecule has 0 unspecified atom stereocenters. The van der Waals surface area contributed by atoms with Gasteiger partial charge in [-0.05, 0) is 44.9 Å². The fraction of sp³-hybridized carbons (Fsp3) is 0.769. The van der Waals surface area contributed by atoms with Crippen molar-refractivity contribution in [1.82, 2.24) is 15.5 Å². The Morgan fingerprint density at radius 2 is 2.11 bits per heavy atom. The molecule has 106 valence electrons. The van der Waals surface area contributed by atoms with E-state index in [1.54, 1.807) is 6.08 Å². The van der Waals surface area contributed by atoms with E-state index in [-0.39, 0.29) is 18.3 Å². The smallest absolute Gasteiger partial charge is 0.234 e. The first kappa shape index (κ1) is 17.4. The second kappa shape index (κ2) is 10.4. The molecule has 5 heteroatoms. The van der Waals surface area contributed by atoms with Gasteiger partial charge < -0.3 is 10.6 Å². The molecular weight excluding hydrogens is 250 g/mol. The summed E-state index contributed by atoms with van der Waals surface area (Å²) < 4.78 is 0. The van der Waals surface area contributed by atoms with Crippen LogP contribution in [0.5, 0.6) is 0 Å². The second-order valence-corrected chi connectivity index (χ2v) is 4.62. The van der Waals surface area contributed by atoms with Gasteiger partial charge in [-0.2, -0.15) is 0 Å². The first-order valence-corrected chi connectivity index (χ1v) is 6.57. The van der Waals surface area contributed by atoms with Crippen LogP contribution in [0.2, 0.25) is 0 Å². The van der Waals surface area contributed by atoms with Crippen LogP contribution in [0.3, 0.4) is 0 Å². The Hall–Kier alpha value is -0.580. The number of amides is 1. The van der Waals surface area contributed by atoms with E-state index in [0.717, 1.165) is 32.1 Å². The molecule has 1 saturated heterocycles. The third-order valence-corrected chi connectivity index (χ3v) is 3.20. The second-order valence-electron chi connectivity index (χ2n) is 4.62. The van der Waals surface area contributed by atoms with Gasteiger partial charge in [0.2, 0.25) is 5.91 Å². The highest BCUT2D eigenvalue weighted by atomic mass is 35.5. The van der Waals surface area contributed by atoms with Crippen LogP contribution in [0.15, 0.2) is 12.7 Å². The van der Waals surface area contributed by atoms with Gasteiger partial charge in [0.05, 0.1) is 6.54 Å². The number of halogens is 1. The Balaban J connectivity index is 0.00000289. The Labute approximate surface area is 117 Å². The molecule has 2 N–H and O–H groups in total.